The van der Waals surface area contributed by atoms with Crippen molar-refractivity contribution >= 4 is 11.6 Å². The van der Waals surface area contributed by atoms with E-state index >= 15 is 0 Å². The van der Waals surface area contributed by atoms with Gasteiger partial charge >= 0.3 is 0 Å². The Bertz CT molecular complexity index is 496. The second-order valence-electron chi connectivity index (χ2n) is 3.99. The van der Waals surface area contributed by atoms with Crippen molar-refractivity contribution in [2.45, 2.75) is 6.42 Å². The van der Waals surface area contributed by atoms with Crippen LogP contribution in [0.4, 0.5) is 27.6 Å². The van der Waals surface area contributed by atoms with E-state index in [0.717, 1.165) is 0 Å². The number of benzene rings is 1. The van der Waals surface area contributed by atoms with E-state index in [9.17, 15) is 26.7 Å². The van der Waals surface area contributed by atoms with E-state index in [1.54, 1.807) is 0 Å². The number of carbonyl (C=O) groups excluding carboxylic acids is 1. The highest BCUT2D eigenvalue weighted by Gasteiger charge is 2.25. The van der Waals surface area contributed by atoms with Crippen molar-refractivity contribution in [2.75, 3.05) is 32.1 Å². The predicted molar refractivity (Wildman–Crippen MR) is 64.2 cm³/mol. The first-order valence-corrected chi connectivity index (χ1v) is 5.91. The molecule has 1 aromatic rings. The van der Waals surface area contributed by atoms with E-state index in [2.05, 4.69) is 5.32 Å². The normalized spacial score (nSPS) is 10.6. The molecular weight excluding hydrogens is 299 g/mol. The Morgan fingerprint density at radius 1 is 1.00 bits per heavy atom. The number of rotatable bonds is 7. The number of hydrogen-bond donors (Lipinski definition) is 2. The lowest BCUT2D eigenvalue weighted by atomic mass is 10.2. The van der Waals surface area contributed by atoms with Crippen LogP contribution in [0.5, 0.6) is 0 Å². The van der Waals surface area contributed by atoms with Gasteiger partial charge < -0.3 is 15.4 Å². The Labute approximate surface area is 117 Å². The molecule has 0 radical (unpaired) electrons. The van der Waals surface area contributed by atoms with Crippen LogP contribution < -0.4 is 10.6 Å². The van der Waals surface area contributed by atoms with Crippen molar-refractivity contribution in [3.8, 4) is 0 Å². The number of amides is 1. The molecule has 1 rings (SSSR count). The van der Waals surface area contributed by atoms with Crippen LogP contribution in [0.25, 0.3) is 0 Å². The summed E-state index contributed by atoms with van der Waals surface area (Å²) in [5, 5.41) is 4.27. The molecule has 0 saturated heterocycles. The number of anilines is 1. The largest absolute Gasteiger partial charge is 0.385 e. The Kier molecular flexibility index (Phi) is 6.35. The molecule has 0 spiro atoms. The lowest BCUT2D eigenvalue weighted by molar-refractivity contribution is -0.119. The lowest BCUT2D eigenvalue weighted by Gasteiger charge is -2.11. The molecule has 0 aliphatic heterocycles. The molecule has 0 fully saturated rings. The van der Waals surface area contributed by atoms with Crippen molar-refractivity contribution in [1.29, 1.82) is 0 Å². The molecule has 2 N–H and O–H groups in total. The number of nitrogens with one attached hydrogen (secondary N) is 2. The van der Waals surface area contributed by atoms with E-state index in [1.807, 2.05) is 5.32 Å². The fourth-order valence-electron chi connectivity index (χ4n) is 1.44. The minimum atomic E-state index is -2.25. The minimum Gasteiger partial charge on any atom is -0.385 e. The summed E-state index contributed by atoms with van der Waals surface area (Å²) in [6.45, 7) is 0.0299. The summed E-state index contributed by atoms with van der Waals surface area (Å²) in [4.78, 5) is 11.3. The van der Waals surface area contributed by atoms with Gasteiger partial charge in [0.2, 0.25) is 11.7 Å². The average molecular weight is 312 g/mol. The summed E-state index contributed by atoms with van der Waals surface area (Å²) in [6, 6.07) is 0. The second-order valence-corrected chi connectivity index (χ2v) is 3.99. The minimum absolute atomic E-state index is 0.255. The van der Waals surface area contributed by atoms with Crippen LogP contribution in [0.2, 0.25) is 0 Å². The molecule has 0 heterocycles. The highest BCUT2D eigenvalue weighted by molar-refractivity contribution is 5.80. The molecule has 1 aromatic carbocycles. The zero-order valence-corrected chi connectivity index (χ0v) is 11.0. The van der Waals surface area contributed by atoms with Gasteiger partial charge in [0, 0.05) is 20.3 Å². The molecule has 4 nitrogen and oxygen atoms in total. The maximum absolute atomic E-state index is 13.3. The molecule has 9 heteroatoms. The van der Waals surface area contributed by atoms with E-state index in [-0.39, 0.29) is 6.54 Å². The van der Waals surface area contributed by atoms with Crippen molar-refractivity contribution in [2.24, 2.45) is 0 Å². The SMILES string of the molecule is COCCCNC(=O)CNc1c(F)c(F)c(F)c(F)c1F. The quantitative estimate of drug-likeness (QED) is 0.350. The van der Waals surface area contributed by atoms with Gasteiger partial charge in [-0.1, -0.05) is 0 Å². The van der Waals surface area contributed by atoms with Gasteiger partial charge in [-0.25, -0.2) is 22.0 Å². The number of halogens is 5. The maximum Gasteiger partial charge on any atom is 0.239 e. The molecule has 21 heavy (non-hydrogen) atoms. The molecule has 0 aromatic heterocycles. The summed E-state index contributed by atoms with van der Waals surface area (Å²) in [6.07, 6.45) is 0.519. The van der Waals surface area contributed by atoms with E-state index < -0.39 is 47.2 Å². The molecule has 0 saturated carbocycles. The number of methoxy groups -OCH3 is 1. The van der Waals surface area contributed by atoms with Crippen LogP contribution in [-0.4, -0.2) is 32.7 Å². The first-order valence-electron chi connectivity index (χ1n) is 5.91. The van der Waals surface area contributed by atoms with Gasteiger partial charge in [0.05, 0.1) is 6.54 Å². The second kappa shape index (κ2) is 7.77. The van der Waals surface area contributed by atoms with E-state index in [0.29, 0.717) is 13.0 Å². The number of ether oxygens (including phenoxy) is 1. The van der Waals surface area contributed by atoms with Gasteiger partial charge in [-0.05, 0) is 6.42 Å². The van der Waals surface area contributed by atoms with Gasteiger partial charge in [0.15, 0.2) is 23.3 Å². The number of carbonyl (C=O) groups is 1. The number of hydrogen-bond acceptors (Lipinski definition) is 3. The molecule has 0 aliphatic carbocycles. The highest BCUT2D eigenvalue weighted by Crippen LogP contribution is 2.26. The Morgan fingerprint density at radius 2 is 1.52 bits per heavy atom. The predicted octanol–water partition coefficient (Wildman–Crippen LogP) is 1.95. The summed E-state index contributed by atoms with van der Waals surface area (Å²) in [5.41, 5.74) is -1.24. The van der Waals surface area contributed by atoms with Crippen molar-refractivity contribution in [3.05, 3.63) is 29.1 Å². The zero-order valence-electron chi connectivity index (χ0n) is 11.0. The van der Waals surface area contributed by atoms with Gasteiger partial charge in [-0.15, -0.1) is 0 Å². The van der Waals surface area contributed by atoms with Crippen LogP contribution in [0.15, 0.2) is 0 Å². The fraction of sp³-hybridized carbons (Fsp3) is 0.417. The topological polar surface area (TPSA) is 50.4 Å². The van der Waals surface area contributed by atoms with Crippen LogP contribution in [0.3, 0.4) is 0 Å². The average Bonchev–Trinajstić information content (AvgIpc) is 2.47. The van der Waals surface area contributed by atoms with Gasteiger partial charge in [0.1, 0.15) is 5.69 Å². The molecular formula is C12H13F5N2O2. The molecule has 0 atom stereocenters. The maximum atomic E-state index is 13.3. The summed E-state index contributed by atoms with van der Waals surface area (Å²) in [7, 11) is 1.48. The highest BCUT2D eigenvalue weighted by atomic mass is 19.2. The molecule has 0 unspecified atom stereocenters. The first kappa shape index (κ1) is 17.2. The van der Waals surface area contributed by atoms with E-state index in [4.69, 9.17) is 4.74 Å². The third-order valence-electron chi connectivity index (χ3n) is 2.48. The van der Waals surface area contributed by atoms with Gasteiger partial charge in [-0.3, -0.25) is 4.79 Å². The first-order chi connectivity index (χ1) is 9.90. The zero-order chi connectivity index (χ0) is 16.0. The Balaban J connectivity index is 2.66. The van der Waals surface area contributed by atoms with Crippen molar-refractivity contribution < 1.29 is 31.5 Å². The molecule has 1 amide bonds. The van der Waals surface area contributed by atoms with Crippen molar-refractivity contribution in [1.82, 2.24) is 5.32 Å². The van der Waals surface area contributed by atoms with Crippen LogP contribution in [-0.2, 0) is 9.53 Å². The third kappa shape index (κ3) is 4.28. The lowest BCUT2D eigenvalue weighted by Crippen LogP contribution is -2.31. The summed E-state index contributed by atoms with van der Waals surface area (Å²) < 4.78 is 69.9. The summed E-state index contributed by atoms with van der Waals surface area (Å²) in [5.74, 6) is -11.1. The molecule has 118 valence electrons. The smallest absolute Gasteiger partial charge is 0.239 e. The third-order valence-corrected chi connectivity index (χ3v) is 2.48. The Hall–Kier alpha value is -1.90. The van der Waals surface area contributed by atoms with Crippen LogP contribution in [0, 0.1) is 29.1 Å². The van der Waals surface area contributed by atoms with Gasteiger partial charge in [0.25, 0.3) is 0 Å². The van der Waals surface area contributed by atoms with Crippen LogP contribution in [0.1, 0.15) is 6.42 Å². The molecule has 0 bridgehead atoms. The summed E-state index contributed by atoms with van der Waals surface area (Å²) >= 11 is 0. The molecule has 0 aliphatic rings. The Morgan fingerprint density at radius 3 is 2.05 bits per heavy atom. The monoisotopic (exact) mass is 312 g/mol. The fourth-order valence-corrected chi connectivity index (χ4v) is 1.44. The van der Waals surface area contributed by atoms with Gasteiger partial charge in [-0.2, -0.15) is 0 Å². The van der Waals surface area contributed by atoms with Crippen LogP contribution >= 0.6 is 0 Å². The standard InChI is InChI=1S/C12H13F5N2O2/c1-21-4-2-3-18-6(20)5-19-12-10(16)8(14)7(13)9(15)11(12)17/h19H,2-5H2,1H3,(H,18,20). The van der Waals surface area contributed by atoms with E-state index in [1.165, 1.54) is 7.11 Å². The van der Waals surface area contributed by atoms with Crippen molar-refractivity contribution in [3.63, 3.8) is 0 Å².